The maximum atomic E-state index is 13.4. The first kappa shape index (κ1) is 29.4. The standard InChI is InChI=1S/C32H35N7O4/c1-3-30(40)39-16-15-38(19-23(39)11-13-33)29-17-26(31(41)35-21(2)18-34-32(42)43)36-27-20-37(14-12-25(27)29)28-10-6-8-22-7-4-5-9-24(22)28/h3-10,17,21,23,34H,1,11-12,14-16,18-20H2,2H3,(H,35,41)(H,42,43)/t21?,23-/m0/s1. The van der Waals surface area contributed by atoms with Crippen LogP contribution in [0.4, 0.5) is 16.2 Å². The fourth-order valence-electron chi connectivity index (χ4n) is 5.96. The lowest BCUT2D eigenvalue weighted by molar-refractivity contribution is -0.128. The number of carboxylic acid groups (broad SMARTS) is 1. The van der Waals surface area contributed by atoms with E-state index in [9.17, 15) is 19.6 Å². The summed E-state index contributed by atoms with van der Waals surface area (Å²) >= 11 is 0. The lowest BCUT2D eigenvalue weighted by Gasteiger charge is -2.43. The minimum Gasteiger partial charge on any atom is -0.465 e. The quantitative estimate of drug-likeness (QED) is 0.344. The van der Waals surface area contributed by atoms with E-state index >= 15 is 0 Å². The average Bonchev–Trinajstić information content (AvgIpc) is 3.02. The van der Waals surface area contributed by atoms with Crippen LogP contribution in [0.1, 0.15) is 35.1 Å². The normalized spacial score (nSPS) is 17.0. The Balaban J connectivity index is 1.50. The number of piperazine rings is 1. The summed E-state index contributed by atoms with van der Waals surface area (Å²) in [6.45, 7) is 8.05. The molecule has 3 amide bonds. The smallest absolute Gasteiger partial charge is 0.404 e. The highest BCUT2D eigenvalue weighted by Crippen LogP contribution is 2.35. The minimum atomic E-state index is -1.16. The number of nitriles is 1. The molecule has 5 rings (SSSR count). The Morgan fingerprint density at radius 2 is 1.93 bits per heavy atom. The second-order valence-electron chi connectivity index (χ2n) is 10.9. The van der Waals surface area contributed by atoms with Gasteiger partial charge in [-0.3, -0.25) is 9.59 Å². The summed E-state index contributed by atoms with van der Waals surface area (Å²) < 4.78 is 0. The summed E-state index contributed by atoms with van der Waals surface area (Å²) in [7, 11) is 0. The first-order valence-electron chi connectivity index (χ1n) is 14.4. The zero-order valence-corrected chi connectivity index (χ0v) is 24.1. The molecule has 43 heavy (non-hydrogen) atoms. The van der Waals surface area contributed by atoms with Gasteiger partial charge in [0.2, 0.25) is 5.91 Å². The van der Waals surface area contributed by atoms with Crippen molar-refractivity contribution in [2.75, 3.05) is 42.5 Å². The van der Waals surface area contributed by atoms with Gasteiger partial charge in [0.15, 0.2) is 0 Å². The van der Waals surface area contributed by atoms with Crippen LogP contribution in [0.15, 0.2) is 61.2 Å². The number of pyridine rings is 1. The molecule has 2 aromatic carbocycles. The van der Waals surface area contributed by atoms with Crippen molar-refractivity contribution in [2.45, 2.75) is 38.4 Å². The van der Waals surface area contributed by atoms with Gasteiger partial charge in [0.1, 0.15) is 5.69 Å². The Bertz CT molecular complexity index is 1600. The summed E-state index contributed by atoms with van der Waals surface area (Å²) in [5, 5.41) is 25.9. The van der Waals surface area contributed by atoms with Crippen LogP contribution in [0.3, 0.4) is 0 Å². The number of aromatic nitrogens is 1. The van der Waals surface area contributed by atoms with Crippen LogP contribution < -0.4 is 20.4 Å². The van der Waals surface area contributed by atoms with Gasteiger partial charge in [0, 0.05) is 61.1 Å². The predicted octanol–water partition coefficient (Wildman–Crippen LogP) is 3.30. The molecule has 0 radical (unpaired) electrons. The fraction of sp³-hybridized carbons (Fsp3) is 0.344. The van der Waals surface area contributed by atoms with Gasteiger partial charge in [-0.15, -0.1) is 0 Å². The maximum absolute atomic E-state index is 13.4. The molecule has 3 aromatic rings. The third-order valence-electron chi connectivity index (χ3n) is 8.04. The van der Waals surface area contributed by atoms with Crippen molar-refractivity contribution < 1.29 is 19.5 Å². The van der Waals surface area contributed by atoms with E-state index in [2.05, 4.69) is 57.3 Å². The molecule has 0 saturated carbocycles. The number of hydrogen-bond donors (Lipinski definition) is 3. The number of fused-ring (bicyclic) bond motifs is 2. The topological polar surface area (TPSA) is 142 Å². The predicted molar refractivity (Wildman–Crippen MR) is 164 cm³/mol. The largest absolute Gasteiger partial charge is 0.465 e. The molecule has 2 aliphatic rings. The Morgan fingerprint density at radius 1 is 1.14 bits per heavy atom. The van der Waals surface area contributed by atoms with Crippen LogP contribution in [-0.2, 0) is 17.8 Å². The number of nitrogens with one attached hydrogen (secondary N) is 2. The molecule has 11 nitrogen and oxygen atoms in total. The monoisotopic (exact) mass is 581 g/mol. The molecule has 1 fully saturated rings. The Kier molecular flexibility index (Phi) is 8.76. The molecule has 1 unspecified atom stereocenters. The second kappa shape index (κ2) is 12.8. The first-order chi connectivity index (χ1) is 20.8. The van der Waals surface area contributed by atoms with Gasteiger partial charge in [-0.05, 0) is 36.9 Å². The zero-order chi connectivity index (χ0) is 30.5. The Hall–Kier alpha value is -5.11. The van der Waals surface area contributed by atoms with E-state index in [0.29, 0.717) is 32.6 Å². The second-order valence-corrected chi connectivity index (χ2v) is 10.9. The van der Waals surface area contributed by atoms with Crippen molar-refractivity contribution >= 4 is 40.1 Å². The van der Waals surface area contributed by atoms with Crippen molar-refractivity contribution in [2.24, 2.45) is 0 Å². The highest BCUT2D eigenvalue weighted by Gasteiger charge is 2.33. The highest BCUT2D eigenvalue weighted by molar-refractivity contribution is 5.95. The molecule has 0 bridgehead atoms. The van der Waals surface area contributed by atoms with Gasteiger partial charge >= 0.3 is 6.09 Å². The number of nitrogens with zero attached hydrogens (tertiary/aromatic N) is 5. The van der Waals surface area contributed by atoms with Crippen molar-refractivity contribution in [3.63, 3.8) is 0 Å². The number of carbonyl (C=O) groups is 3. The summed E-state index contributed by atoms with van der Waals surface area (Å²) in [6, 6.07) is 17.7. The number of amides is 3. The molecule has 11 heteroatoms. The van der Waals surface area contributed by atoms with Gasteiger partial charge in [0.05, 0.1) is 30.8 Å². The average molecular weight is 582 g/mol. The van der Waals surface area contributed by atoms with E-state index in [0.717, 1.165) is 39.9 Å². The van der Waals surface area contributed by atoms with E-state index in [4.69, 9.17) is 10.1 Å². The molecule has 1 aromatic heterocycles. The van der Waals surface area contributed by atoms with E-state index in [-0.39, 0.29) is 30.6 Å². The molecular formula is C32H35N7O4. The Labute approximate surface area is 250 Å². The van der Waals surface area contributed by atoms with Gasteiger partial charge in [-0.2, -0.15) is 5.26 Å². The summed E-state index contributed by atoms with van der Waals surface area (Å²) in [5.74, 6) is -0.605. The van der Waals surface area contributed by atoms with Crippen molar-refractivity contribution in [1.29, 1.82) is 5.26 Å². The molecule has 222 valence electrons. The molecule has 0 aliphatic carbocycles. The lowest BCUT2D eigenvalue weighted by atomic mass is 9.98. The van der Waals surface area contributed by atoms with Gasteiger partial charge in [-0.25, -0.2) is 9.78 Å². The molecule has 3 heterocycles. The van der Waals surface area contributed by atoms with Crippen LogP contribution in [0.5, 0.6) is 0 Å². The van der Waals surface area contributed by atoms with E-state index < -0.39 is 18.0 Å². The van der Waals surface area contributed by atoms with Gasteiger partial charge < -0.3 is 30.4 Å². The maximum Gasteiger partial charge on any atom is 0.404 e. The van der Waals surface area contributed by atoms with Crippen molar-refractivity contribution in [1.82, 2.24) is 20.5 Å². The molecule has 0 spiro atoms. The van der Waals surface area contributed by atoms with Crippen LogP contribution in [0.25, 0.3) is 10.8 Å². The van der Waals surface area contributed by atoms with E-state index in [1.807, 2.05) is 18.2 Å². The highest BCUT2D eigenvalue weighted by atomic mass is 16.4. The van der Waals surface area contributed by atoms with Gasteiger partial charge in [-0.1, -0.05) is 43.0 Å². The number of benzene rings is 2. The SMILES string of the molecule is C=CC(=O)N1CCN(c2cc(C(=O)NC(C)CNC(=O)O)nc3c2CCN(c2cccc4ccccc24)C3)C[C@@H]1CC#N. The third-order valence-corrected chi connectivity index (χ3v) is 8.04. The minimum absolute atomic E-state index is 0.0584. The number of rotatable bonds is 8. The van der Waals surface area contributed by atoms with Crippen LogP contribution in [0.2, 0.25) is 0 Å². The first-order valence-corrected chi connectivity index (χ1v) is 14.4. The summed E-state index contributed by atoms with van der Waals surface area (Å²) in [6.07, 6.45) is 1.000. The number of anilines is 2. The van der Waals surface area contributed by atoms with E-state index in [1.165, 1.54) is 6.08 Å². The molecular weight excluding hydrogens is 546 g/mol. The molecule has 2 aliphatic heterocycles. The van der Waals surface area contributed by atoms with Crippen molar-refractivity contribution in [3.05, 3.63) is 78.1 Å². The molecule has 1 saturated heterocycles. The van der Waals surface area contributed by atoms with Crippen LogP contribution in [-0.4, -0.2) is 77.7 Å². The lowest BCUT2D eigenvalue weighted by Crippen LogP contribution is -2.55. The van der Waals surface area contributed by atoms with Gasteiger partial charge in [0.25, 0.3) is 5.91 Å². The zero-order valence-electron chi connectivity index (χ0n) is 24.1. The van der Waals surface area contributed by atoms with E-state index in [1.54, 1.807) is 17.9 Å². The fourth-order valence-corrected chi connectivity index (χ4v) is 5.96. The molecule has 3 N–H and O–H groups in total. The number of carbonyl (C=O) groups excluding carboxylic acids is 2. The van der Waals surface area contributed by atoms with Crippen molar-refractivity contribution in [3.8, 4) is 6.07 Å². The number of hydrogen-bond acceptors (Lipinski definition) is 7. The van der Waals surface area contributed by atoms with Crippen LogP contribution in [0, 0.1) is 11.3 Å². The Morgan fingerprint density at radius 3 is 2.70 bits per heavy atom. The summed E-state index contributed by atoms with van der Waals surface area (Å²) in [4.78, 5) is 47.8. The third kappa shape index (κ3) is 6.38. The molecule has 2 atom stereocenters. The van der Waals surface area contributed by atoms with Crippen LogP contribution >= 0.6 is 0 Å². The summed E-state index contributed by atoms with van der Waals surface area (Å²) in [5.41, 5.74) is 4.04.